The highest BCUT2D eigenvalue weighted by Crippen LogP contribution is 2.06. The molecule has 16 heavy (non-hydrogen) atoms. The van der Waals surface area contributed by atoms with Crippen molar-refractivity contribution in [2.45, 2.75) is 38.7 Å². The lowest BCUT2D eigenvalue weighted by Gasteiger charge is -2.29. The maximum absolute atomic E-state index is 10.6. The molecule has 4 heteroatoms. The number of nitrogens with zero attached hydrogens (tertiary/aromatic N) is 1. The van der Waals surface area contributed by atoms with Crippen LogP contribution in [0, 0.1) is 0 Å². The first-order valence-corrected chi connectivity index (χ1v) is 5.97. The van der Waals surface area contributed by atoms with Gasteiger partial charge in [0, 0.05) is 19.0 Å². The lowest BCUT2D eigenvalue weighted by atomic mass is 10.2. The number of ether oxygens (including phenoxy) is 1. The normalized spacial score (nSPS) is 13.8. The van der Waals surface area contributed by atoms with Gasteiger partial charge in [-0.05, 0) is 6.42 Å². The molecule has 0 N–H and O–H groups in total. The number of carbonyl (C=O) groups is 1. The SMILES string of the molecule is CCCCCO[C@@H](CC(=O)[O-])C[N+](C)(C)C. The average Bonchev–Trinajstić information content (AvgIpc) is 2.08. The summed E-state index contributed by atoms with van der Waals surface area (Å²) < 4.78 is 6.29. The van der Waals surface area contributed by atoms with Crippen LogP contribution in [0.3, 0.4) is 0 Å². The van der Waals surface area contributed by atoms with E-state index in [1.54, 1.807) is 0 Å². The van der Waals surface area contributed by atoms with E-state index in [0.717, 1.165) is 19.3 Å². The first-order valence-electron chi connectivity index (χ1n) is 5.97. The maximum atomic E-state index is 10.6. The van der Waals surface area contributed by atoms with Crippen LogP contribution in [0.25, 0.3) is 0 Å². The topological polar surface area (TPSA) is 49.4 Å². The summed E-state index contributed by atoms with van der Waals surface area (Å²) in [7, 11) is 6.08. The fourth-order valence-corrected chi connectivity index (χ4v) is 1.58. The Bertz CT molecular complexity index is 199. The zero-order chi connectivity index (χ0) is 12.6. The molecule has 0 aliphatic heterocycles. The first kappa shape index (κ1) is 15.4. The molecule has 0 saturated carbocycles. The Kier molecular flexibility index (Phi) is 7.34. The second-order valence-corrected chi connectivity index (χ2v) is 5.25. The van der Waals surface area contributed by atoms with E-state index in [1.165, 1.54) is 0 Å². The highest BCUT2D eigenvalue weighted by molar-refractivity contribution is 5.64. The van der Waals surface area contributed by atoms with Gasteiger partial charge in [0.15, 0.2) is 0 Å². The van der Waals surface area contributed by atoms with Crippen molar-refractivity contribution in [1.82, 2.24) is 0 Å². The van der Waals surface area contributed by atoms with Gasteiger partial charge in [-0.15, -0.1) is 0 Å². The number of rotatable bonds is 9. The summed E-state index contributed by atoms with van der Waals surface area (Å²) in [6.07, 6.45) is 3.02. The number of hydrogen-bond donors (Lipinski definition) is 0. The van der Waals surface area contributed by atoms with Gasteiger partial charge >= 0.3 is 0 Å². The number of carboxylic acid groups (broad SMARTS) is 1. The van der Waals surface area contributed by atoms with Gasteiger partial charge < -0.3 is 19.1 Å². The molecule has 0 aromatic heterocycles. The highest BCUT2D eigenvalue weighted by Gasteiger charge is 2.18. The third kappa shape index (κ3) is 9.93. The van der Waals surface area contributed by atoms with Crippen LogP contribution in [-0.2, 0) is 9.53 Å². The van der Waals surface area contributed by atoms with Crippen molar-refractivity contribution in [3.05, 3.63) is 0 Å². The summed E-state index contributed by atoms with van der Waals surface area (Å²) in [5.41, 5.74) is 0. The van der Waals surface area contributed by atoms with Crippen LogP contribution in [0.4, 0.5) is 0 Å². The van der Waals surface area contributed by atoms with Gasteiger partial charge in [-0.25, -0.2) is 0 Å². The Hall–Kier alpha value is -0.610. The van der Waals surface area contributed by atoms with Gasteiger partial charge in [0.1, 0.15) is 12.6 Å². The molecule has 0 aliphatic rings. The van der Waals surface area contributed by atoms with Crippen molar-refractivity contribution < 1.29 is 19.1 Å². The molecular formula is C12H25NO3. The van der Waals surface area contributed by atoms with Gasteiger partial charge in [0.05, 0.1) is 21.1 Å². The van der Waals surface area contributed by atoms with E-state index in [2.05, 4.69) is 6.92 Å². The van der Waals surface area contributed by atoms with Crippen LogP contribution in [-0.4, -0.2) is 50.9 Å². The van der Waals surface area contributed by atoms with Gasteiger partial charge in [-0.1, -0.05) is 19.8 Å². The summed E-state index contributed by atoms with van der Waals surface area (Å²) in [5.74, 6) is -1.03. The molecule has 0 fully saturated rings. The molecule has 0 aromatic rings. The third-order valence-corrected chi connectivity index (χ3v) is 2.25. The molecular weight excluding hydrogens is 206 g/mol. The Labute approximate surface area is 98.8 Å². The molecule has 4 nitrogen and oxygen atoms in total. The van der Waals surface area contributed by atoms with Crippen molar-refractivity contribution in [3.8, 4) is 0 Å². The summed E-state index contributed by atoms with van der Waals surface area (Å²) >= 11 is 0. The molecule has 0 aliphatic carbocycles. The standard InChI is InChI=1S/C12H25NO3/c1-5-6-7-8-16-11(9-12(14)15)10-13(2,3)4/h11H,5-10H2,1-4H3/t11-/m0/s1. The Morgan fingerprint density at radius 1 is 1.31 bits per heavy atom. The zero-order valence-electron chi connectivity index (χ0n) is 11.0. The number of carboxylic acids is 1. The van der Waals surface area contributed by atoms with Crippen molar-refractivity contribution in [2.24, 2.45) is 0 Å². The summed E-state index contributed by atoms with van der Waals surface area (Å²) in [4.78, 5) is 10.6. The minimum atomic E-state index is -1.03. The first-order chi connectivity index (χ1) is 7.35. The van der Waals surface area contributed by atoms with Crippen molar-refractivity contribution in [2.75, 3.05) is 34.3 Å². The number of likely N-dealkylation sites (N-methyl/N-ethyl adjacent to an activating group) is 1. The molecule has 0 radical (unpaired) electrons. The lowest BCUT2D eigenvalue weighted by Crippen LogP contribution is -2.44. The van der Waals surface area contributed by atoms with E-state index in [1.807, 2.05) is 21.1 Å². The molecule has 1 atom stereocenters. The van der Waals surface area contributed by atoms with Crippen LogP contribution >= 0.6 is 0 Å². The summed E-state index contributed by atoms with van der Waals surface area (Å²) in [6, 6.07) is 0. The minimum Gasteiger partial charge on any atom is -0.550 e. The molecule has 0 unspecified atom stereocenters. The van der Waals surface area contributed by atoms with Crippen LogP contribution < -0.4 is 5.11 Å². The van der Waals surface area contributed by atoms with Crippen LogP contribution in [0.2, 0.25) is 0 Å². The minimum absolute atomic E-state index is 0.0123. The van der Waals surface area contributed by atoms with E-state index in [9.17, 15) is 9.90 Å². The zero-order valence-corrected chi connectivity index (χ0v) is 11.0. The Morgan fingerprint density at radius 3 is 2.38 bits per heavy atom. The number of hydrogen-bond acceptors (Lipinski definition) is 3. The second kappa shape index (κ2) is 7.63. The number of carbonyl (C=O) groups excluding carboxylic acids is 1. The smallest absolute Gasteiger partial charge is 0.112 e. The quantitative estimate of drug-likeness (QED) is 0.426. The van der Waals surface area contributed by atoms with Crippen molar-refractivity contribution >= 4 is 5.97 Å². The molecule has 0 rings (SSSR count). The number of unbranched alkanes of at least 4 members (excludes halogenated alkanes) is 2. The fraction of sp³-hybridized carbons (Fsp3) is 0.917. The van der Waals surface area contributed by atoms with Crippen LogP contribution in [0.5, 0.6) is 0 Å². The monoisotopic (exact) mass is 231 g/mol. The predicted octanol–water partition coefficient (Wildman–Crippen LogP) is 0.408. The molecule has 0 heterocycles. The Balaban J connectivity index is 3.96. The molecule has 0 aromatic carbocycles. The fourth-order valence-electron chi connectivity index (χ4n) is 1.58. The number of quaternary nitrogens is 1. The molecule has 96 valence electrons. The third-order valence-electron chi connectivity index (χ3n) is 2.25. The van der Waals surface area contributed by atoms with Crippen LogP contribution in [0.1, 0.15) is 32.6 Å². The largest absolute Gasteiger partial charge is 0.550 e. The molecule has 0 spiro atoms. The van der Waals surface area contributed by atoms with Crippen molar-refractivity contribution in [1.29, 1.82) is 0 Å². The van der Waals surface area contributed by atoms with Gasteiger partial charge in [-0.3, -0.25) is 0 Å². The summed E-state index contributed by atoms with van der Waals surface area (Å²) in [5, 5.41) is 10.6. The van der Waals surface area contributed by atoms with E-state index in [-0.39, 0.29) is 12.5 Å². The molecule has 0 amide bonds. The van der Waals surface area contributed by atoms with E-state index in [4.69, 9.17) is 4.74 Å². The van der Waals surface area contributed by atoms with E-state index >= 15 is 0 Å². The summed E-state index contributed by atoms with van der Waals surface area (Å²) in [6.45, 7) is 3.47. The van der Waals surface area contributed by atoms with Crippen LogP contribution in [0.15, 0.2) is 0 Å². The van der Waals surface area contributed by atoms with Crippen molar-refractivity contribution in [3.63, 3.8) is 0 Å². The average molecular weight is 231 g/mol. The number of aliphatic carboxylic acids is 1. The Morgan fingerprint density at radius 2 is 1.94 bits per heavy atom. The van der Waals surface area contributed by atoms with E-state index in [0.29, 0.717) is 17.6 Å². The van der Waals surface area contributed by atoms with Gasteiger partial charge in [0.25, 0.3) is 0 Å². The molecule has 0 bridgehead atoms. The van der Waals surface area contributed by atoms with Gasteiger partial charge in [-0.2, -0.15) is 0 Å². The predicted molar refractivity (Wildman–Crippen MR) is 61.8 cm³/mol. The van der Waals surface area contributed by atoms with E-state index < -0.39 is 5.97 Å². The van der Waals surface area contributed by atoms with Gasteiger partial charge in [0.2, 0.25) is 0 Å². The highest BCUT2D eigenvalue weighted by atomic mass is 16.5. The maximum Gasteiger partial charge on any atom is 0.112 e. The second-order valence-electron chi connectivity index (χ2n) is 5.25. The molecule has 0 saturated heterocycles. The lowest BCUT2D eigenvalue weighted by molar-refractivity contribution is -0.873.